The van der Waals surface area contributed by atoms with E-state index in [9.17, 15) is 0 Å². The Hall–Kier alpha value is -2.11. The first-order valence-electron chi connectivity index (χ1n) is 4.99. The highest BCUT2D eigenvalue weighted by Crippen LogP contribution is 2.06. The predicted octanol–water partition coefficient (Wildman–Crippen LogP) is 0.864. The SMILES string of the molecule is CNc1cncc(NCc2nccn2C)n1. The lowest BCUT2D eigenvalue weighted by atomic mass is 10.5. The van der Waals surface area contributed by atoms with E-state index in [1.807, 2.05) is 24.9 Å². The molecule has 0 aromatic carbocycles. The molecule has 0 saturated heterocycles. The lowest BCUT2D eigenvalue weighted by molar-refractivity contribution is 0.810. The minimum Gasteiger partial charge on any atom is -0.372 e. The molecule has 2 aromatic heterocycles. The first-order chi connectivity index (χ1) is 7.79. The summed E-state index contributed by atoms with van der Waals surface area (Å²) in [6, 6.07) is 0. The Bertz CT molecular complexity index is 464. The van der Waals surface area contributed by atoms with Crippen molar-refractivity contribution in [3.8, 4) is 0 Å². The zero-order valence-corrected chi connectivity index (χ0v) is 9.31. The molecule has 0 unspecified atom stereocenters. The van der Waals surface area contributed by atoms with Crippen molar-refractivity contribution in [1.82, 2.24) is 19.5 Å². The minimum atomic E-state index is 0.630. The van der Waals surface area contributed by atoms with Gasteiger partial charge in [0.05, 0.1) is 18.9 Å². The summed E-state index contributed by atoms with van der Waals surface area (Å²) in [7, 11) is 3.77. The molecule has 84 valence electrons. The average molecular weight is 218 g/mol. The van der Waals surface area contributed by atoms with E-state index in [0.29, 0.717) is 6.54 Å². The summed E-state index contributed by atoms with van der Waals surface area (Å²) < 4.78 is 1.96. The predicted molar refractivity (Wildman–Crippen MR) is 62.1 cm³/mol. The van der Waals surface area contributed by atoms with Gasteiger partial charge >= 0.3 is 0 Å². The first kappa shape index (κ1) is 10.4. The number of aromatic nitrogens is 4. The molecule has 0 spiro atoms. The molecule has 6 nitrogen and oxygen atoms in total. The number of nitrogens with one attached hydrogen (secondary N) is 2. The van der Waals surface area contributed by atoms with E-state index in [4.69, 9.17) is 0 Å². The zero-order chi connectivity index (χ0) is 11.4. The smallest absolute Gasteiger partial charge is 0.147 e. The second-order valence-corrected chi connectivity index (χ2v) is 3.35. The van der Waals surface area contributed by atoms with Gasteiger partial charge in [-0.25, -0.2) is 9.97 Å². The standard InChI is InChI=1S/C10H14N6/c1-11-8-5-12-6-9(15-8)14-7-10-13-3-4-16(10)2/h3-6H,7H2,1-2H3,(H2,11,14,15). The maximum Gasteiger partial charge on any atom is 0.147 e. The summed E-state index contributed by atoms with van der Waals surface area (Å²) >= 11 is 0. The van der Waals surface area contributed by atoms with E-state index in [1.54, 1.807) is 18.6 Å². The van der Waals surface area contributed by atoms with Gasteiger partial charge in [0.1, 0.15) is 17.5 Å². The number of anilines is 2. The Kier molecular flexibility index (Phi) is 3.00. The highest BCUT2D eigenvalue weighted by molar-refractivity contribution is 5.40. The van der Waals surface area contributed by atoms with Gasteiger partial charge in [-0.05, 0) is 0 Å². The van der Waals surface area contributed by atoms with E-state index < -0.39 is 0 Å². The summed E-state index contributed by atoms with van der Waals surface area (Å²) in [6.07, 6.45) is 7.04. The second kappa shape index (κ2) is 4.61. The highest BCUT2D eigenvalue weighted by Gasteiger charge is 2.00. The van der Waals surface area contributed by atoms with Crippen LogP contribution in [0.1, 0.15) is 5.82 Å². The van der Waals surface area contributed by atoms with Crippen LogP contribution in [-0.2, 0) is 13.6 Å². The maximum atomic E-state index is 4.30. The fourth-order valence-corrected chi connectivity index (χ4v) is 1.31. The van der Waals surface area contributed by atoms with Crippen molar-refractivity contribution >= 4 is 11.6 Å². The normalized spacial score (nSPS) is 10.1. The molecule has 2 aromatic rings. The molecule has 0 amide bonds. The lowest BCUT2D eigenvalue weighted by Crippen LogP contribution is -2.07. The van der Waals surface area contributed by atoms with Crippen LogP contribution in [0, 0.1) is 0 Å². The molecule has 0 atom stereocenters. The van der Waals surface area contributed by atoms with Gasteiger partial charge < -0.3 is 15.2 Å². The van der Waals surface area contributed by atoms with E-state index in [2.05, 4.69) is 25.6 Å². The van der Waals surface area contributed by atoms with Crippen LogP contribution in [0.5, 0.6) is 0 Å². The van der Waals surface area contributed by atoms with E-state index in [-0.39, 0.29) is 0 Å². The van der Waals surface area contributed by atoms with Crippen LogP contribution in [0.4, 0.5) is 11.6 Å². The summed E-state index contributed by atoms with van der Waals surface area (Å²) in [6.45, 7) is 0.630. The van der Waals surface area contributed by atoms with E-state index >= 15 is 0 Å². The van der Waals surface area contributed by atoms with Crippen LogP contribution in [0.2, 0.25) is 0 Å². The van der Waals surface area contributed by atoms with Crippen LogP contribution < -0.4 is 10.6 Å². The van der Waals surface area contributed by atoms with Gasteiger partial charge in [0.25, 0.3) is 0 Å². The summed E-state index contributed by atoms with van der Waals surface area (Å²) in [5, 5.41) is 6.10. The summed E-state index contributed by atoms with van der Waals surface area (Å²) in [5.41, 5.74) is 0. The molecule has 0 fully saturated rings. The topological polar surface area (TPSA) is 67.7 Å². The monoisotopic (exact) mass is 218 g/mol. The summed E-state index contributed by atoms with van der Waals surface area (Å²) in [5.74, 6) is 2.43. The third kappa shape index (κ3) is 2.28. The van der Waals surface area contributed by atoms with Crippen molar-refractivity contribution in [2.45, 2.75) is 6.54 Å². The Morgan fingerprint density at radius 1 is 1.31 bits per heavy atom. The molecule has 0 aliphatic carbocycles. The second-order valence-electron chi connectivity index (χ2n) is 3.35. The van der Waals surface area contributed by atoms with Gasteiger partial charge in [-0.2, -0.15) is 0 Å². The third-order valence-electron chi connectivity index (χ3n) is 2.24. The Morgan fingerprint density at radius 2 is 2.12 bits per heavy atom. The quantitative estimate of drug-likeness (QED) is 0.796. The van der Waals surface area contributed by atoms with Crippen molar-refractivity contribution in [2.75, 3.05) is 17.7 Å². The molecule has 0 bridgehead atoms. The summed E-state index contributed by atoms with van der Waals surface area (Å²) in [4.78, 5) is 12.6. The van der Waals surface area contributed by atoms with Crippen molar-refractivity contribution < 1.29 is 0 Å². The number of hydrogen-bond acceptors (Lipinski definition) is 5. The zero-order valence-electron chi connectivity index (χ0n) is 9.31. The lowest BCUT2D eigenvalue weighted by Gasteiger charge is -2.06. The molecule has 6 heteroatoms. The van der Waals surface area contributed by atoms with Crippen LogP contribution in [0.3, 0.4) is 0 Å². The van der Waals surface area contributed by atoms with Crippen molar-refractivity contribution in [3.63, 3.8) is 0 Å². The maximum absolute atomic E-state index is 4.30. The fraction of sp³-hybridized carbons (Fsp3) is 0.300. The Labute approximate surface area is 93.8 Å². The van der Waals surface area contributed by atoms with Crippen molar-refractivity contribution in [1.29, 1.82) is 0 Å². The van der Waals surface area contributed by atoms with Crippen molar-refractivity contribution in [3.05, 3.63) is 30.6 Å². The van der Waals surface area contributed by atoms with E-state index in [0.717, 1.165) is 17.5 Å². The average Bonchev–Trinajstić information content (AvgIpc) is 2.72. The van der Waals surface area contributed by atoms with Crippen molar-refractivity contribution in [2.24, 2.45) is 7.05 Å². The first-order valence-corrected chi connectivity index (χ1v) is 4.99. The van der Waals surface area contributed by atoms with Crippen LogP contribution in [-0.4, -0.2) is 26.6 Å². The Morgan fingerprint density at radius 3 is 2.81 bits per heavy atom. The molecular formula is C10H14N6. The van der Waals surface area contributed by atoms with Gasteiger partial charge in [0, 0.05) is 26.5 Å². The molecule has 2 rings (SSSR count). The molecule has 16 heavy (non-hydrogen) atoms. The number of rotatable bonds is 4. The van der Waals surface area contributed by atoms with Gasteiger partial charge in [-0.3, -0.25) is 4.98 Å². The number of hydrogen-bond donors (Lipinski definition) is 2. The van der Waals surface area contributed by atoms with Gasteiger partial charge in [0.15, 0.2) is 0 Å². The molecule has 2 heterocycles. The number of nitrogens with zero attached hydrogens (tertiary/aromatic N) is 4. The number of aryl methyl sites for hydroxylation is 1. The molecule has 2 N–H and O–H groups in total. The van der Waals surface area contributed by atoms with Crippen LogP contribution in [0.15, 0.2) is 24.8 Å². The minimum absolute atomic E-state index is 0.630. The third-order valence-corrected chi connectivity index (χ3v) is 2.24. The molecular weight excluding hydrogens is 204 g/mol. The molecule has 0 saturated carbocycles. The van der Waals surface area contributed by atoms with E-state index in [1.165, 1.54) is 0 Å². The van der Waals surface area contributed by atoms with Crippen LogP contribution in [0.25, 0.3) is 0 Å². The molecule has 0 aliphatic heterocycles. The fourth-order valence-electron chi connectivity index (χ4n) is 1.31. The van der Waals surface area contributed by atoms with Gasteiger partial charge in [-0.1, -0.05) is 0 Å². The number of imidazole rings is 1. The van der Waals surface area contributed by atoms with Crippen LogP contribution >= 0.6 is 0 Å². The molecule has 0 radical (unpaired) electrons. The Balaban J connectivity index is 2.02. The van der Waals surface area contributed by atoms with Gasteiger partial charge in [0.2, 0.25) is 0 Å². The van der Waals surface area contributed by atoms with Gasteiger partial charge in [-0.15, -0.1) is 0 Å². The highest BCUT2D eigenvalue weighted by atomic mass is 15.1. The molecule has 0 aliphatic rings. The largest absolute Gasteiger partial charge is 0.372 e.